The van der Waals surface area contributed by atoms with Gasteiger partial charge in [0.25, 0.3) is 0 Å². The van der Waals surface area contributed by atoms with Gasteiger partial charge >= 0.3 is 0 Å². The molecule has 2 aliphatic carbocycles. The second kappa shape index (κ2) is 11.3. The zero-order valence-electron chi connectivity index (χ0n) is 28.0. The molecule has 4 heteroatoms. The first-order chi connectivity index (χ1) is 25.8. The summed E-state index contributed by atoms with van der Waals surface area (Å²) in [6.07, 6.45) is 8.24. The first-order valence-corrected chi connectivity index (χ1v) is 18.4. The van der Waals surface area contributed by atoms with E-state index >= 15 is 0 Å². The molecule has 1 spiro atoms. The van der Waals surface area contributed by atoms with E-state index in [1.807, 2.05) is 29.7 Å². The molecule has 52 heavy (non-hydrogen) atoms. The molecule has 6 aromatic carbocycles. The van der Waals surface area contributed by atoms with Crippen molar-refractivity contribution in [2.45, 2.75) is 5.41 Å². The second-order valence-corrected chi connectivity index (χ2v) is 14.7. The molecule has 11 rings (SSSR count). The van der Waals surface area contributed by atoms with Crippen molar-refractivity contribution in [1.29, 1.82) is 0 Å². The van der Waals surface area contributed by atoms with E-state index in [1.165, 1.54) is 64.7 Å². The van der Waals surface area contributed by atoms with Crippen LogP contribution in [0.1, 0.15) is 33.4 Å². The van der Waals surface area contributed by atoms with E-state index in [4.69, 9.17) is 9.97 Å². The number of rotatable bonds is 3. The maximum atomic E-state index is 5.24. The molecule has 0 amide bonds. The molecule has 0 saturated carbocycles. The van der Waals surface area contributed by atoms with Crippen LogP contribution in [0.15, 0.2) is 164 Å². The fourth-order valence-electron chi connectivity index (χ4n) is 8.54. The van der Waals surface area contributed by atoms with Crippen molar-refractivity contribution < 1.29 is 0 Å². The summed E-state index contributed by atoms with van der Waals surface area (Å²) in [6, 6.07) is 54.9. The van der Waals surface area contributed by atoms with Crippen molar-refractivity contribution in [3.05, 3.63) is 197 Å². The minimum atomic E-state index is -0.572. The molecule has 0 saturated heterocycles. The van der Waals surface area contributed by atoms with Crippen LogP contribution in [0.5, 0.6) is 0 Å². The topological polar surface area (TPSA) is 38.7 Å². The van der Waals surface area contributed by atoms with Crippen LogP contribution in [0.25, 0.3) is 77.4 Å². The molecule has 2 aliphatic rings. The number of benzene rings is 6. The second-order valence-electron chi connectivity index (χ2n) is 13.6. The fraction of sp³-hybridized carbons (Fsp3) is 0.0208. The van der Waals surface area contributed by atoms with E-state index in [-0.39, 0.29) is 0 Å². The molecule has 3 nitrogen and oxygen atoms in total. The monoisotopic (exact) mass is 679 g/mol. The molecule has 3 aromatic heterocycles. The van der Waals surface area contributed by atoms with Gasteiger partial charge in [-0.1, -0.05) is 121 Å². The van der Waals surface area contributed by atoms with E-state index in [2.05, 4.69) is 157 Å². The van der Waals surface area contributed by atoms with Gasteiger partial charge in [-0.3, -0.25) is 4.98 Å². The van der Waals surface area contributed by atoms with Gasteiger partial charge in [-0.2, -0.15) is 0 Å². The predicted octanol–water partition coefficient (Wildman–Crippen LogP) is 12.1. The van der Waals surface area contributed by atoms with Gasteiger partial charge in [-0.25, -0.2) is 9.97 Å². The highest BCUT2D eigenvalue weighted by Gasteiger charge is 2.49. The Hall–Kier alpha value is -6.49. The third kappa shape index (κ3) is 4.22. The number of thiophene rings is 1. The average Bonchev–Trinajstić information content (AvgIpc) is 3.67. The van der Waals surface area contributed by atoms with Crippen molar-refractivity contribution in [2.24, 2.45) is 0 Å². The van der Waals surface area contributed by atoms with E-state index in [9.17, 15) is 0 Å². The van der Waals surface area contributed by atoms with E-state index in [1.54, 1.807) is 6.20 Å². The van der Waals surface area contributed by atoms with Crippen molar-refractivity contribution in [3.63, 3.8) is 0 Å². The molecule has 0 aliphatic heterocycles. The summed E-state index contributed by atoms with van der Waals surface area (Å²) in [4.78, 5) is 14.9. The van der Waals surface area contributed by atoms with Gasteiger partial charge in [-0.05, 0) is 87.0 Å². The molecular formula is C48H29N3S. The molecule has 0 N–H and O–H groups in total. The Morgan fingerprint density at radius 1 is 0.442 bits per heavy atom. The van der Waals surface area contributed by atoms with Crippen LogP contribution in [0.4, 0.5) is 0 Å². The lowest BCUT2D eigenvalue weighted by atomic mass is 9.65. The Balaban J connectivity index is 1.23. The molecule has 242 valence electrons. The molecule has 0 fully saturated rings. The highest BCUT2D eigenvalue weighted by molar-refractivity contribution is 7.25. The molecule has 1 atom stereocenters. The number of nitrogens with zero attached hydrogens (tertiary/aromatic N) is 3. The van der Waals surface area contributed by atoms with Crippen molar-refractivity contribution in [2.75, 3.05) is 0 Å². The van der Waals surface area contributed by atoms with Gasteiger partial charge in [0, 0.05) is 49.3 Å². The van der Waals surface area contributed by atoms with Crippen molar-refractivity contribution >= 4 is 43.7 Å². The summed E-state index contributed by atoms with van der Waals surface area (Å²) in [6.45, 7) is 0. The van der Waals surface area contributed by atoms with Crippen molar-refractivity contribution in [1.82, 2.24) is 15.0 Å². The summed E-state index contributed by atoms with van der Waals surface area (Å²) in [7, 11) is 0. The first-order valence-electron chi connectivity index (χ1n) is 17.6. The smallest absolute Gasteiger partial charge is 0.160 e. The van der Waals surface area contributed by atoms with Crippen LogP contribution in [-0.2, 0) is 5.41 Å². The molecule has 0 radical (unpaired) electrons. The quantitative estimate of drug-likeness (QED) is 0.187. The first kappa shape index (κ1) is 29.3. The molecular weight excluding hydrogens is 651 g/mol. The maximum Gasteiger partial charge on any atom is 0.160 e. The normalized spacial score (nSPS) is 15.3. The van der Waals surface area contributed by atoms with Crippen LogP contribution in [0.3, 0.4) is 0 Å². The molecule has 0 bridgehead atoms. The largest absolute Gasteiger partial charge is 0.264 e. The Kier molecular flexibility index (Phi) is 6.34. The van der Waals surface area contributed by atoms with Gasteiger partial charge in [-0.15, -0.1) is 11.3 Å². The van der Waals surface area contributed by atoms with E-state index in [0.29, 0.717) is 5.82 Å². The third-order valence-electron chi connectivity index (χ3n) is 10.8. The molecule has 9 aromatic rings. The van der Waals surface area contributed by atoms with Crippen LogP contribution in [-0.4, -0.2) is 15.0 Å². The predicted molar refractivity (Wildman–Crippen MR) is 215 cm³/mol. The lowest BCUT2D eigenvalue weighted by molar-refractivity contribution is 0.767. The Bertz CT molecular complexity index is 2850. The van der Waals surface area contributed by atoms with Gasteiger partial charge in [0.1, 0.15) is 0 Å². The zero-order valence-corrected chi connectivity index (χ0v) is 28.8. The van der Waals surface area contributed by atoms with Crippen LogP contribution in [0.2, 0.25) is 0 Å². The maximum absolute atomic E-state index is 5.24. The number of aromatic nitrogens is 3. The zero-order chi connectivity index (χ0) is 34.2. The Morgan fingerprint density at radius 3 is 2.04 bits per heavy atom. The minimum Gasteiger partial charge on any atom is -0.264 e. The minimum absolute atomic E-state index is 0.572. The highest BCUT2D eigenvalue weighted by Crippen LogP contribution is 2.60. The number of hydrogen-bond acceptors (Lipinski definition) is 4. The lowest BCUT2D eigenvalue weighted by Gasteiger charge is -2.35. The molecule has 1 unspecified atom stereocenters. The summed E-state index contributed by atoms with van der Waals surface area (Å²) in [5.41, 5.74) is 14.2. The van der Waals surface area contributed by atoms with Crippen LogP contribution < -0.4 is 0 Å². The fourth-order valence-corrected chi connectivity index (χ4v) is 9.67. The van der Waals surface area contributed by atoms with Crippen LogP contribution in [0, 0.1) is 0 Å². The van der Waals surface area contributed by atoms with E-state index < -0.39 is 5.41 Å². The van der Waals surface area contributed by atoms with E-state index in [0.717, 1.165) is 28.1 Å². The van der Waals surface area contributed by atoms with Gasteiger partial charge in [0.15, 0.2) is 5.82 Å². The van der Waals surface area contributed by atoms with Gasteiger partial charge < -0.3 is 0 Å². The number of hydrogen-bond donors (Lipinski definition) is 0. The number of pyridine rings is 1. The standard InChI is InChI=1S/C48H29N3S/c1-2-12-32(13-3-1)43-28-44(34-14-10-24-49-29-34)51-47(50-43)33-23-22-31-21-20-30-11-4-7-17-39(30)48(41(31)25-33)40-18-8-5-15-35(40)37-27-46-38(26-42(37)48)36-16-6-9-19-45(36)52-46/h1-29H. The van der Waals surface area contributed by atoms with Gasteiger partial charge in [0.2, 0.25) is 0 Å². The number of fused-ring (bicyclic) bond motifs is 12. The van der Waals surface area contributed by atoms with Gasteiger partial charge in [0.05, 0.1) is 16.8 Å². The Labute approximate surface area is 305 Å². The summed E-state index contributed by atoms with van der Waals surface area (Å²) >= 11 is 1.88. The lowest BCUT2D eigenvalue weighted by Crippen LogP contribution is -2.30. The SMILES string of the molecule is C1=Cc2ccc(-c3nc(-c4ccccc4)cc(-c4cccnc4)n3)cc2C2(c3ccccc31)c1ccccc1-c1cc3sc4ccccc4c3cc12. The third-order valence-corrected chi connectivity index (χ3v) is 12.0. The Morgan fingerprint density at radius 2 is 1.17 bits per heavy atom. The molecule has 3 heterocycles. The summed E-state index contributed by atoms with van der Waals surface area (Å²) < 4.78 is 2.63. The highest BCUT2D eigenvalue weighted by atomic mass is 32.1. The summed E-state index contributed by atoms with van der Waals surface area (Å²) in [5.74, 6) is 0.686. The van der Waals surface area contributed by atoms with Crippen molar-refractivity contribution in [3.8, 4) is 45.0 Å². The summed E-state index contributed by atoms with van der Waals surface area (Å²) in [5, 5.41) is 2.61. The average molecular weight is 680 g/mol. The van der Waals surface area contributed by atoms with Crippen LogP contribution >= 0.6 is 11.3 Å².